The summed E-state index contributed by atoms with van der Waals surface area (Å²) in [6.07, 6.45) is 13.0. The van der Waals surface area contributed by atoms with Gasteiger partial charge in [0, 0.05) is 6.08 Å². The summed E-state index contributed by atoms with van der Waals surface area (Å²) in [5, 5.41) is 10.1. The number of ether oxygens (including phenoxy) is 1. The molecule has 0 amide bonds. The molecule has 0 spiro atoms. The van der Waals surface area contributed by atoms with Crippen molar-refractivity contribution in [3.05, 3.63) is 23.3 Å². The van der Waals surface area contributed by atoms with Gasteiger partial charge in [0.1, 0.15) is 0 Å². The molecule has 0 saturated heterocycles. The predicted molar refractivity (Wildman–Crippen MR) is 102 cm³/mol. The summed E-state index contributed by atoms with van der Waals surface area (Å²) < 4.78 is 5.18. The van der Waals surface area contributed by atoms with Crippen LogP contribution in [0.5, 0.6) is 0 Å². The molecule has 26 heavy (non-hydrogen) atoms. The quantitative estimate of drug-likeness (QED) is 0.438. The van der Waals surface area contributed by atoms with E-state index in [2.05, 4.69) is 19.9 Å². The maximum atomic E-state index is 12.0. The lowest BCUT2D eigenvalue weighted by molar-refractivity contribution is -0.137. The lowest BCUT2D eigenvalue weighted by atomic mass is 9.48. The van der Waals surface area contributed by atoms with Gasteiger partial charge in [-0.2, -0.15) is 0 Å². The highest BCUT2D eigenvalue weighted by Gasteiger charge is 2.57. The van der Waals surface area contributed by atoms with Crippen LogP contribution in [0, 0.1) is 28.6 Å². The molecule has 0 aromatic rings. The van der Waals surface area contributed by atoms with E-state index in [0.717, 1.165) is 43.9 Å². The van der Waals surface area contributed by atoms with Gasteiger partial charge in [0.25, 0.3) is 0 Å². The summed E-state index contributed by atoms with van der Waals surface area (Å²) in [5.74, 6) is 2.00. The third-order valence-electron chi connectivity index (χ3n) is 8.50. The summed E-state index contributed by atoms with van der Waals surface area (Å²) in [6, 6.07) is 0. The SMILES string of the molecule is CCOC(=O)/C=C1\CC[C@H]2[C@@H]3CC=C4C[C@@H](O)CC[C@]4(C)[C@H]3CC[C@]12C. The summed E-state index contributed by atoms with van der Waals surface area (Å²) >= 11 is 0. The average molecular weight is 359 g/mol. The van der Waals surface area contributed by atoms with Crippen molar-refractivity contribution in [1.29, 1.82) is 0 Å². The van der Waals surface area contributed by atoms with Gasteiger partial charge >= 0.3 is 5.97 Å². The van der Waals surface area contributed by atoms with Crippen molar-refractivity contribution >= 4 is 5.97 Å². The van der Waals surface area contributed by atoms with Gasteiger partial charge in [0.15, 0.2) is 0 Å². The van der Waals surface area contributed by atoms with Crippen LogP contribution in [0.3, 0.4) is 0 Å². The summed E-state index contributed by atoms with van der Waals surface area (Å²) in [5.41, 5.74) is 3.32. The van der Waals surface area contributed by atoms with E-state index in [4.69, 9.17) is 4.74 Å². The largest absolute Gasteiger partial charge is 0.463 e. The van der Waals surface area contributed by atoms with Gasteiger partial charge in [0.2, 0.25) is 0 Å². The normalized spacial score (nSPS) is 46.2. The van der Waals surface area contributed by atoms with E-state index in [1.807, 2.05) is 13.0 Å². The van der Waals surface area contributed by atoms with Gasteiger partial charge in [-0.05, 0) is 86.9 Å². The third kappa shape index (κ3) is 2.69. The summed E-state index contributed by atoms with van der Waals surface area (Å²) in [4.78, 5) is 12.0. The molecule has 0 heterocycles. The smallest absolute Gasteiger partial charge is 0.330 e. The highest BCUT2D eigenvalue weighted by Crippen LogP contribution is 2.66. The van der Waals surface area contributed by atoms with Gasteiger partial charge in [-0.15, -0.1) is 0 Å². The summed E-state index contributed by atoms with van der Waals surface area (Å²) in [6.45, 7) is 7.19. The highest BCUT2D eigenvalue weighted by molar-refractivity contribution is 5.83. The zero-order chi connectivity index (χ0) is 18.5. The van der Waals surface area contributed by atoms with Gasteiger partial charge < -0.3 is 9.84 Å². The Bertz CT molecular complexity index is 648. The van der Waals surface area contributed by atoms with Crippen LogP contribution in [-0.4, -0.2) is 23.8 Å². The molecule has 0 aromatic heterocycles. The first-order valence-electron chi connectivity index (χ1n) is 10.6. The standard InChI is InChI=1S/C23H34O3/c1-4-26-21(25)14-16-6-8-19-18-7-5-15-13-17(24)9-11-22(15,2)20(18)10-12-23(16,19)3/h5,14,17-20,24H,4,6-13H2,1-3H3/b16-14+/t17-,18-,19-,20-,22-,23+/m0/s1. The Morgan fingerprint density at radius 3 is 2.73 bits per heavy atom. The van der Waals surface area contributed by atoms with Crippen molar-refractivity contribution in [2.24, 2.45) is 28.6 Å². The Balaban J connectivity index is 1.61. The van der Waals surface area contributed by atoms with Gasteiger partial charge in [0.05, 0.1) is 12.7 Å². The van der Waals surface area contributed by atoms with Crippen molar-refractivity contribution in [3.63, 3.8) is 0 Å². The number of carbonyl (C=O) groups excluding carboxylic acids is 1. The Morgan fingerprint density at radius 1 is 1.23 bits per heavy atom. The monoisotopic (exact) mass is 358 g/mol. The first-order chi connectivity index (χ1) is 12.4. The van der Waals surface area contributed by atoms with E-state index in [1.165, 1.54) is 30.4 Å². The number of hydrogen-bond donors (Lipinski definition) is 1. The molecule has 0 aromatic carbocycles. The lowest BCUT2D eigenvalue weighted by Gasteiger charge is -2.57. The molecule has 3 nitrogen and oxygen atoms in total. The van der Waals surface area contributed by atoms with E-state index in [-0.39, 0.29) is 22.9 Å². The molecule has 4 rings (SSSR count). The van der Waals surface area contributed by atoms with Crippen LogP contribution in [0.2, 0.25) is 0 Å². The molecule has 4 aliphatic rings. The zero-order valence-corrected chi connectivity index (χ0v) is 16.6. The van der Waals surface area contributed by atoms with Crippen molar-refractivity contribution in [2.45, 2.75) is 78.2 Å². The number of esters is 1. The first kappa shape index (κ1) is 18.3. The van der Waals surface area contributed by atoms with Crippen LogP contribution < -0.4 is 0 Å². The molecule has 0 bridgehead atoms. The second-order valence-electron chi connectivity index (χ2n) is 9.57. The van der Waals surface area contributed by atoms with Gasteiger partial charge in [-0.3, -0.25) is 0 Å². The number of aliphatic hydroxyl groups is 1. The summed E-state index contributed by atoms with van der Waals surface area (Å²) in [7, 11) is 0. The van der Waals surface area contributed by atoms with Crippen molar-refractivity contribution < 1.29 is 14.6 Å². The molecular formula is C23H34O3. The minimum atomic E-state index is -0.162. The van der Waals surface area contributed by atoms with E-state index in [0.29, 0.717) is 12.5 Å². The number of hydrogen-bond acceptors (Lipinski definition) is 3. The van der Waals surface area contributed by atoms with E-state index in [9.17, 15) is 9.90 Å². The number of carbonyl (C=O) groups is 1. The van der Waals surface area contributed by atoms with Crippen LogP contribution in [0.15, 0.2) is 23.3 Å². The van der Waals surface area contributed by atoms with Crippen LogP contribution in [0.4, 0.5) is 0 Å². The molecule has 0 aliphatic heterocycles. The minimum Gasteiger partial charge on any atom is -0.463 e. The minimum absolute atomic E-state index is 0.134. The number of allylic oxidation sites excluding steroid dienone is 2. The molecule has 0 radical (unpaired) electrons. The molecule has 3 saturated carbocycles. The number of rotatable bonds is 2. The Kier molecular flexibility index (Phi) is 4.58. The number of aliphatic hydroxyl groups excluding tert-OH is 1. The predicted octanol–water partition coefficient (Wildman–Crippen LogP) is 4.80. The van der Waals surface area contributed by atoms with Crippen LogP contribution in [0.1, 0.15) is 72.1 Å². The molecule has 1 N–H and O–H groups in total. The van der Waals surface area contributed by atoms with Crippen LogP contribution >= 0.6 is 0 Å². The molecule has 144 valence electrons. The fraction of sp³-hybridized carbons (Fsp3) is 0.783. The molecule has 4 aliphatic carbocycles. The van der Waals surface area contributed by atoms with Crippen molar-refractivity contribution in [3.8, 4) is 0 Å². The fourth-order valence-electron chi connectivity index (χ4n) is 7.05. The van der Waals surface area contributed by atoms with Gasteiger partial charge in [-0.25, -0.2) is 4.79 Å². The molecular weight excluding hydrogens is 324 g/mol. The lowest BCUT2D eigenvalue weighted by Crippen LogP contribution is -2.49. The van der Waals surface area contributed by atoms with Gasteiger partial charge in [-0.1, -0.05) is 31.1 Å². The number of fused-ring (bicyclic) bond motifs is 5. The molecule has 0 unspecified atom stereocenters. The molecule has 3 fully saturated rings. The Labute approximate surface area is 157 Å². The van der Waals surface area contributed by atoms with Crippen molar-refractivity contribution in [2.75, 3.05) is 6.61 Å². The first-order valence-corrected chi connectivity index (χ1v) is 10.6. The Morgan fingerprint density at radius 2 is 1.96 bits per heavy atom. The highest BCUT2D eigenvalue weighted by atomic mass is 16.5. The maximum Gasteiger partial charge on any atom is 0.330 e. The molecule has 6 atom stereocenters. The maximum absolute atomic E-state index is 12.0. The van der Waals surface area contributed by atoms with Crippen molar-refractivity contribution in [1.82, 2.24) is 0 Å². The topological polar surface area (TPSA) is 46.5 Å². The average Bonchev–Trinajstić information content (AvgIpc) is 2.92. The van der Waals surface area contributed by atoms with E-state index < -0.39 is 0 Å². The van der Waals surface area contributed by atoms with Crippen LogP contribution in [0.25, 0.3) is 0 Å². The van der Waals surface area contributed by atoms with E-state index in [1.54, 1.807) is 0 Å². The molecule has 3 heteroatoms. The zero-order valence-electron chi connectivity index (χ0n) is 16.6. The third-order valence-corrected chi connectivity index (χ3v) is 8.50. The van der Waals surface area contributed by atoms with E-state index >= 15 is 0 Å². The second kappa shape index (κ2) is 6.51. The fourth-order valence-corrected chi connectivity index (χ4v) is 7.05. The Hall–Kier alpha value is -1.09. The van der Waals surface area contributed by atoms with Crippen LogP contribution in [-0.2, 0) is 9.53 Å². The second-order valence-corrected chi connectivity index (χ2v) is 9.57.